The summed E-state index contributed by atoms with van der Waals surface area (Å²) < 4.78 is 0. The first kappa shape index (κ1) is 17.7. The van der Waals surface area contributed by atoms with Crippen LogP contribution in [0.2, 0.25) is 0 Å². The summed E-state index contributed by atoms with van der Waals surface area (Å²) >= 11 is 0.851. The molecule has 1 aliphatic heterocycles. The SMILES string of the molecule is C=CCN1C(=O)S[C@H](CC(=O)Nc2ccc(NC(C)=O)cc2)C1=O. The van der Waals surface area contributed by atoms with Gasteiger partial charge in [-0.2, -0.15) is 0 Å². The molecule has 0 aliphatic carbocycles. The van der Waals surface area contributed by atoms with Crippen molar-refractivity contribution in [3.05, 3.63) is 36.9 Å². The highest BCUT2D eigenvalue weighted by atomic mass is 32.2. The summed E-state index contributed by atoms with van der Waals surface area (Å²) in [5, 5.41) is 4.21. The highest BCUT2D eigenvalue weighted by Crippen LogP contribution is 2.29. The van der Waals surface area contributed by atoms with Gasteiger partial charge in [0.05, 0.1) is 0 Å². The lowest BCUT2D eigenvalue weighted by Crippen LogP contribution is -2.33. The minimum absolute atomic E-state index is 0.0870. The number of imide groups is 1. The van der Waals surface area contributed by atoms with Crippen LogP contribution in [-0.4, -0.2) is 39.7 Å². The molecule has 0 unspecified atom stereocenters. The third-order valence-corrected chi connectivity index (χ3v) is 4.25. The second-order valence-corrected chi connectivity index (χ2v) is 6.27. The summed E-state index contributed by atoms with van der Waals surface area (Å²) in [4.78, 5) is 47.8. The highest BCUT2D eigenvalue weighted by molar-refractivity contribution is 8.15. The lowest BCUT2D eigenvalue weighted by Gasteiger charge is -2.11. The van der Waals surface area contributed by atoms with Crippen molar-refractivity contribution in [3.8, 4) is 0 Å². The van der Waals surface area contributed by atoms with E-state index in [0.717, 1.165) is 16.7 Å². The van der Waals surface area contributed by atoms with Crippen molar-refractivity contribution in [2.75, 3.05) is 17.2 Å². The molecule has 2 N–H and O–H groups in total. The Labute approximate surface area is 143 Å². The largest absolute Gasteiger partial charge is 0.326 e. The molecular formula is C16H17N3O4S. The van der Waals surface area contributed by atoms with Gasteiger partial charge in [0.15, 0.2) is 0 Å². The standard InChI is InChI=1S/C16H17N3O4S/c1-3-8-19-15(22)13(24-16(19)23)9-14(21)18-12-6-4-11(5-7-12)17-10(2)20/h3-7,13H,1,8-9H2,2H3,(H,17,20)(H,18,21)/t13-/m1/s1. The van der Waals surface area contributed by atoms with Crippen molar-refractivity contribution in [2.24, 2.45) is 0 Å². The summed E-state index contributed by atoms with van der Waals surface area (Å²) in [7, 11) is 0. The maximum absolute atomic E-state index is 12.1. The van der Waals surface area contributed by atoms with Crippen LogP contribution >= 0.6 is 11.8 Å². The van der Waals surface area contributed by atoms with E-state index in [4.69, 9.17) is 0 Å². The van der Waals surface area contributed by atoms with Gasteiger partial charge in [-0.25, -0.2) is 0 Å². The van der Waals surface area contributed by atoms with Crippen LogP contribution < -0.4 is 10.6 Å². The zero-order valence-electron chi connectivity index (χ0n) is 13.1. The van der Waals surface area contributed by atoms with Gasteiger partial charge in [-0.1, -0.05) is 17.8 Å². The van der Waals surface area contributed by atoms with Crippen molar-refractivity contribution in [1.29, 1.82) is 0 Å². The molecule has 0 spiro atoms. The molecule has 126 valence electrons. The molecule has 1 atom stereocenters. The Morgan fingerprint density at radius 3 is 2.33 bits per heavy atom. The van der Waals surface area contributed by atoms with Gasteiger partial charge in [-0.05, 0) is 24.3 Å². The second-order valence-electron chi connectivity index (χ2n) is 5.12. The lowest BCUT2D eigenvalue weighted by molar-refractivity contribution is -0.128. The number of benzene rings is 1. The van der Waals surface area contributed by atoms with E-state index in [2.05, 4.69) is 17.2 Å². The molecule has 2 rings (SSSR count). The summed E-state index contributed by atoms with van der Waals surface area (Å²) in [5.74, 6) is -0.917. The Morgan fingerprint density at radius 2 is 1.79 bits per heavy atom. The summed E-state index contributed by atoms with van der Waals surface area (Å²) in [6, 6.07) is 6.59. The number of rotatable bonds is 6. The summed E-state index contributed by atoms with van der Waals surface area (Å²) in [6.45, 7) is 5.05. The first-order valence-electron chi connectivity index (χ1n) is 7.21. The summed E-state index contributed by atoms with van der Waals surface area (Å²) in [6.07, 6.45) is 1.38. The Balaban J connectivity index is 1.91. The molecule has 0 radical (unpaired) electrons. The zero-order valence-corrected chi connectivity index (χ0v) is 13.9. The number of carbonyl (C=O) groups is 4. The third-order valence-electron chi connectivity index (χ3n) is 3.18. The third kappa shape index (κ3) is 4.45. The van der Waals surface area contributed by atoms with E-state index in [1.165, 1.54) is 13.0 Å². The first-order valence-corrected chi connectivity index (χ1v) is 8.09. The lowest BCUT2D eigenvalue weighted by atomic mass is 10.2. The number of thioether (sulfide) groups is 1. The van der Waals surface area contributed by atoms with Crippen molar-refractivity contribution >= 4 is 46.1 Å². The summed E-state index contributed by atoms with van der Waals surface area (Å²) in [5.41, 5.74) is 1.16. The van der Waals surface area contributed by atoms with Crippen LogP contribution in [0, 0.1) is 0 Å². The van der Waals surface area contributed by atoms with Crippen molar-refractivity contribution in [2.45, 2.75) is 18.6 Å². The Hall–Kier alpha value is -2.61. The van der Waals surface area contributed by atoms with Crippen molar-refractivity contribution in [1.82, 2.24) is 4.90 Å². The van der Waals surface area contributed by atoms with Crippen molar-refractivity contribution in [3.63, 3.8) is 0 Å². The van der Waals surface area contributed by atoms with Gasteiger partial charge in [0.1, 0.15) is 5.25 Å². The number of amides is 4. The molecule has 0 bridgehead atoms. The van der Waals surface area contributed by atoms with E-state index >= 15 is 0 Å². The number of carbonyl (C=O) groups excluding carboxylic acids is 4. The van der Waals surface area contributed by atoms with E-state index in [9.17, 15) is 19.2 Å². The van der Waals surface area contributed by atoms with Gasteiger partial charge in [0.2, 0.25) is 17.7 Å². The number of hydrogen-bond acceptors (Lipinski definition) is 5. The van der Waals surface area contributed by atoms with Gasteiger partial charge in [-0.15, -0.1) is 6.58 Å². The normalized spacial score (nSPS) is 16.9. The fraction of sp³-hybridized carbons (Fsp3) is 0.250. The predicted molar refractivity (Wildman–Crippen MR) is 92.7 cm³/mol. The van der Waals surface area contributed by atoms with Gasteiger partial charge in [0.25, 0.3) is 5.24 Å². The molecule has 1 aromatic carbocycles. The monoisotopic (exact) mass is 347 g/mol. The fourth-order valence-corrected chi connectivity index (χ4v) is 3.14. The molecule has 0 saturated carbocycles. The molecule has 24 heavy (non-hydrogen) atoms. The van der Waals surface area contributed by atoms with Gasteiger partial charge < -0.3 is 10.6 Å². The van der Waals surface area contributed by atoms with Crippen LogP contribution in [0.25, 0.3) is 0 Å². The average Bonchev–Trinajstić information content (AvgIpc) is 2.76. The molecule has 1 fully saturated rings. The van der Waals surface area contributed by atoms with Crippen LogP contribution in [0.15, 0.2) is 36.9 Å². The molecule has 1 aliphatic rings. The van der Waals surface area contributed by atoms with E-state index in [1.807, 2.05) is 0 Å². The van der Waals surface area contributed by atoms with Crippen LogP contribution in [0.3, 0.4) is 0 Å². The fourth-order valence-electron chi connectivity index (χ4n) is 2.14. The van der Waals surface area contributed by atoms with Crippen LogP contribution in [0.5, 0.6) is 0 Å². The number of hydrogen-bond donors (Lipinski definition) is 2. The molecular weight excluding hydrogens is 330 g/mol. The van der Waals surface area contributed by atoms with Gasteiger partial charge >= 0.3 is 0 Å². The zero-order chi connectivity index (χ0) is 17.7. The Morgan fingerprint density at radius 1 is 1.21 bits per heavy atom. The van der Waals surface area contributed by atoms with E-state index in [-0.39, 0.29) is 35.9 Å². The van der Waals surface area contributed by atoms with E-state index < -0.39 is 5.25 Å². The number of anilines is 2. The minimum Gasteiger partial charge on any atom is -0.326 e. The average molecular weight is 347 g/mol. The molecule has 1 aromatic rings. The molecule has 8 heteroatoms. The Bertz CT molecular complexity index is 687. The van der Waals surface area contributed by atoms with Gasteiger partial charge in [-0.3, -0.25) is 24.1 Å². The predicted octanol–water partition coefficient (Wildman–Crippen LogP) is 2.22. The second kappa shape index (κ2) is 7.78. The Kier molecular flexibility index (Phi) is 5.75. The topological polar surface area (TPSA) is 95.6 Å². The smallest absolute Gasteiger partial charge is 0.289 e. The van der Waals surface area contributed by atoms with Crippen LogP contribution in [0.1, 0.15) is 13.3 Å². The molecule has 7 nitrogen and oxygen atoms in total. The van der Waals surface area contributed by atoms with Crippen LogP contribution in [-0.2, 0) is 14.4 Å². The number of nitrogens with zero attached hydrogens (tertiary/aromatic N) is 1. The highest BCUT2D eigenvalue weighted by Gasteiger charge is 2.39. The number of nitrogens with one attached hydrogen (secondary N) is 2. The molecule has 1 heterocycles. The van der Waals surface area contributed by atoms with E-state index in [1.54, 1.807) is 24.3 Å². The van der Waals surface area contributed by atoms with Crippen LogP contribution in [0.4, 0.5) is 16.2 Å². The molecule has 0 aromatic heterocycles. The maximum atomic E-state index is 12.1. The first-order chi connectivity index (χ1) is 11.4. The van der Waals surface area contributed by atoms with Crippen molar-refractivity contribution < 1.29 is 19.2 Å². The molecule has 4 amide bonds. The van der Waals surface area contributed by atoms with Gasteiger partial charge in [0, 0.05) is 31.3 Å². The quantitative estimate of drug-likeness (QED) is 0.769. The minimum atomic E-state index is -0.712. The molecule has 1 saturated heterocycles. The maximum Gasteiger partial charge on any atom is 0.289 e. The van der Waals surface area contributed by atoms with E-state index in [0.29, 0.717) is 11.4 Å².